The second kappa shape index (κ2) is 6.63. The van der Waals surface area contributed by atoms with Crippen LogP contribution in [0.25, 0.3) is 0 Å². The highest BCUT2D eigenvalue weighted by Crippen LogP contribution is 2.33. The van der Waals surface area contributed by atoms with E-state index in [2.05, 4.69) is 38.8 Å². The topological polar surface area (TPSA) is 41.5 Å². The van der Waals surface area contributed by atoms with Crippen molar-refractivity contribution in [1.29, 1.82) is 0 Å². The Balaban J connectivity index is 3.58. The van der Waals surface area contributed by atoms with Crippen LogP contribution in [-0.2, 0) is 4.74 Å². The molecule has 0 aromatic heterocycles. The first-order chi connectivity index (χ1) is 6.81. The monoisotopic (exact) mass is 233 g/mol. The molecule has 15 heavy (non-hydrogen) atoms. The minimum Gasteiger partial charge on any atom is -0.394 e. The van der Waals surface area contributed by atoms with Gasteiger partial charge in [-0.2, -0.15) is 0 Å². The molecule has 0 rings (SSSR count). The number of aliphatic hydroxyl groups is 1. The highest BCUT2D eigenvalue weighted by molar-refractivity contribution is 6.77. The van der Waals surface area contributed by atoms with Gasteiger partial charge in [-0.1, -0.05) is 33.9 Å². The van der Waals surface area contributed by atoms with Crippen molar-refractivity contribution < 1.29 is 9.84 Å². The molecule has 0 aromatic carbocycles. The number of hydrogen-bond donors (Lipinski definition) is 2. The van der Waals surface area contributed by atoms with Crippen molar-refractivity contribution >= 4 is 8.24 Å². The van der Waals surface area contributed by atoms with Crippen LogP contribution in [0.3, 0.4) is 0 Å². The van der Waals surface area contributed by atoms with E-state index in [1.165, 1.54) is 0 Å². The van der Waals surface area contributed by atoms with Gasteiger partial charge in [0.05, 0.1) is 13.2 Å². The Bertz CT molecular complexity index is 166. The summed E-state index contributed by atoms with van der Waals surface area (Å²) in [6, 6.07) is 0. The van der Waals surface area contributed by atoms with E-state index in [4.69, 9.17) is 9.84 Å². The highest BCUT2D eigenvalue weighted by Gasteiger charge is 2.34. The van der Waals surface area contributed by atoms with E-state index in [1.54, 1.807) is 0 Å². The second-order valence-electron chi connectivity index (χ2n) is 5.49. The van der Waals surface area contributed by atoms with Gasteiger partial charge in [0, 0.05) is 6.61 Å². The first-order valence-electron chi connectivity index (χ1n) is 5.75. The summed E-state index contributed by atoms with van der Waals surface area (Å²) in [6.45, 7) is 14.0. The summed E-state index contributed by atoms with van der Waals surface area (Å²) in [4.78, 5) is 3.67. The van der Waals surface area contributed by atoms with Gasteiger partial charge in [0.2, 0.25) is 0 Å². The fourth-order valence-corrected chi connectivity index (χ4v) is 2.34. The van der Waals surface area contributed by atoms with E-state index >= 15 is 0 Å². The molecule has 0 heterocycles. The Hall–Kier alpha value is 0.0969. The van der Waals surface area contributed by atoms with Crippen molar-refractivity contribution in [1.82, 2.24) is 4.98 Å². The molecule has 0 aliphatic rings. The maximum atomic E-state index is 8.52. The molecular weight excluding hydrogens is 206 g/mol. The molecule has 0 amide bonds. The van der Waals surface area contributed by atoms with E-state index in [9.17, 15) is 0 Å². The minimum absolute atomic E-state index is 0.121. The van der Waals surface area contributed by atoms with Crippen LogP contribution in [-0.4, -0.2) is 39.7 Å². The molecule has 4 heteroatoms. The summed E-state index contributed by atoms with van der Waals surface area (Å²) in [5, 5.41) is 8.91. The lowest BCUT2D eigenvalue weighted by Gasteiger charge is -2.37. The van der Waals surface area contributed by atoms with Crippen LogP contribution in [0.4, 0.5) is 0 Å². The van der Waals surface area contributed by atoms with Crippen molar-refractivity contribution in [3.8, 4) is 0 Å². The maximum absolute atomic E-state index is 8.52. The van der Waals surface area contributed by atoms with Crippen molar-refractivity contribution in [2.24, 2.45) is 0 Å². The van der Waals surface area contributed by atoms with Gasteiger partial charge in [-0.25, -0.2) is 0 Å². The molecule has 92 valence electrons. The lowest BCUT2D eigenvalue weighted by atomic mass is 10.2. The Labute approximate surface area is 95.3 Å². The van der Waals surface area contributed by atoms with E-state index in [1.807, 2.05) is 0 Å². The van der Waals surface area contributed by atoms with Gasteiger partial charge in [-0.3, -0.25) is 0 Å². The van der Waals surface area contributed by atoms with Crippen LogP contribution in [0.2, 0.25) is 18.1 Å². The average molecular weight is 233 g/mol. The van der Waals surface area contributed by atoms with E-state index in [-0.39, 0.29) is 6.61 Å². The van der Waals surface area contributed by atoms with Crippen LogP contribution in [0.1, 0.15) is 27.2 Å². The number of rotatable bonds is 7. The Morgan fingerprint density at radius 3 is 2.27 bits per heavy atom. The molecule has 0 atom stereocenters. The van der Waals surface area contributed by atoms with Crippen LogP contribution in [0.15, 0.2) is 0 Å². The van der Waals surface area contributed by atoms with E-state index in [0.29, 0.717) is 11.6 Å². The fraction of sp³-hybridized carbons (Fsp3) is 1.00. The average Bonchev–Trinajstić information content (AvgIpc) is 2.09. The van der Waals surface area contributed by atoms with Gasteiger partial charge in [0.1, 0.15) is 8.24 Å². The third-order valence-corrected chi connectivity index (χ3v) is 8.03. The van der Waals surface area contributed by atoms with Gasteiger partial charge >= 0.3 is 0 Å². The Kier molecular flexibility index (Phi) is 6.67. The smallest absolute Gasteiger partial charge is 0.124 e. The number of nitrogens with one attached hydrogen (secondary N) is 1. The van der Waals surface area contributed by atoms with Gasteiger partial charge in [-0.05, 0) is 18.0 Å². The number of hydrogen-bond acceptors (Lipinski definition) is 3. The van der Waals surface area contributed by atoms with Crippen molar-refractivity contribution in [2.45, 2.75) is 45.3 Å². The predicted octanol–water partition coefficient (Wildman–Crippen LogP) is 1.98. The normalized spacial score (nSPS) is 13.2. The summed E-state index contributed by atoms with van der Waals surface area (Å²) >= 11 is 0. The van der Waals surface area contributed by atoms with Gasteiger partial charge in [0.25, 0.3) is 0 Å². The first kappa shape index (κ1) is 15.1. The van der Waals surface area contributed by atoms with Crippen LogP contribution < -0.4 is 4.98 Å². The van der Waals surface area contributed by atoms with Crippen LogP contribution in [0.5, 0.6) is 0 Å². The SMILES string of the molecule is CC(C)(C)[Si](C)(C)NCCCOCCO. The van der Waals surface area contributed by atoms with Crippen molar-refractivity contribution in [2.75, 3.05) is 26.4 Å². The van der Waals surface area contributed by atoms with Crippen LogP contribution >= 0.6 is 0 Å². The third-order valence-electron chi connectivity index (χ3n) is 3.14. The van der Waals surface area contributed by atoms with E-state index in [0.717, 1.165) is 19.6 Å². The standard InChI is InChI=1S/C11H27NO2Si/c1-11(2,3)15(4,5)12-7-6-9-14-10-8-13/h12-13H,6-10H2,1-5H3. The largest absolute Gasteiger partial charge is 0.394 e. The molecule has 0 aromatic rings. The fourth-order valence-electron chi connectivity index (χ4n) is 1.01. The van der Waals surface area contributed by atoms with Gasteiger partial charge in [-0.15, -0.1) is 0 Å². The summed E-state index contributed by atoms with van der Waals surface area (Å²) in [6.07, 6.45) is 1.02. The molecule has 2 N–H and O–H groups in total. The molecule has 0 fully saturated rings. The quantitative estimate of drug-likeness (QED) is 0.522. The predicted molar refractivity (Wildman–Crippen MR) is 67.7 cm³/mol. The third kappa shape index (κ3) is 6.30. The second-order valence-corrected chi connectivity index (χ2v) is 10.6. The molecule has 0 saturated carbocycles. The molecule has 0 spiro atoms. The summed E-state index contributed by atoms with van der Waals surface area (Å²) < 4.78 is 5.21. The molecule has 0 radical (unpaired) electrons. The zero-order valence-electron chi connectivity index (χ0n) is 10.9. The molecule has 3 nitrogen and oxygen atoms in total. The van der Waals surface area contributed by atoms with Gasteiger partial charge in [0.15, 0.2) is 0 Å². The summed E-state index contributed by atoms with van der Waals surface area (Å²) in [5.41, 5.74) is 0. The first-order valence-corrected chi connectivity index (χ1v) is 8.75. The zero-order chi connectivity index (χ0) is 11.9. The molecule has 0 saturated heterocycles. The molecule has 0 bridgehead atoms. The molecule has 0 aliphatic heterocycles. The number of aliphatic hydroxyl groups excluding tert-OH is 1. The molecular formula is C11H27NO2Si. The lowest BCUT2D eigenvalue weighted by Crippen LogP contribution is -2.52. The van der Waals surface area contributed by atoms with Crippen molar-refractivity contribution in [3.05, 3.63) is 0 Å². The van der Waals surface area contributed by atoms with Crippen molar-refractivity contribution in [3.63, 3.8) is 0 Å². The van der Waals surface area contributed by atoms with Gasteiger partial charge < -0.3 is 14.8 Å². The van der Waals surface area contributed by atoms with Crippen LogP contribution in [0, 0.1) is 0 Å². The Morgan fingerprint density at radius 2 is 1.80 bits per heavy atom. The summed E-state index contributed by atoms with van der Waals surface area (Å²) in [5.74, 6) is 0. The summed E-state index contributed by atoms with van der Waals surface area (Å²) in [7, 11) is -1.33. The van der Waals surface area contributed by atoms with E-state index < -0.39 is 8.24 Å². The Morgan fingerprint density at radius 1 is 1.20 bits per heavy atom. The molecule has 0 unspecified atom stereocenters. The minimum atomic E-state index is -1.33. The highest BCUT2D eigenvalue weighted by atomic mass is 28.3. The zero-order valence-corrected chi connectivity index (χ0v) is 11.9. The maximum Gasteiger partial charge on any atom is 0.124 e. The number of ether oxygens (including phenoxy) is 1. The lowest BCUT2D eigenvalue weighted by molar-refractivity contribution is 0.0912. The molecule has 0 aliphatic carbocycles.